The number of hydrogen-bond acceptors (Lipinski definition) is 4. The smallest absolute Gasteiger partial charge is 0.286 e. The molecule has 3 rings (SSSR count). The van der Waals surface area contributed by atoms with Crippen LogP contribution in [0.25, 0.3) is 0 Å². The van der Waals surface area contributed by atoms with Crippen LogP contribution in [0.4, 0.5) is 0 Å². The third-order valence-electron chi connectivity index (χ3n) is 5.22. The summed E-state index contributed by atoms with van der Waals surface area (Å²) in [5.41, 5.74) is 0. The number of furan rings is 1. The van der Waals surface area contributed by atoms with E-state index in [0.29, 0.717) is 30.6 Å². The maximum absolute atomic E-state index is 12.6. The Kier molecular flexibility index (Phi) is 5.47. The molecule has 0 bridgehead atoms. The molecule has 25 heavy (non-hydrogen) atoms. The van der Waals surface area contributed by atoms with Crippen LogP contribution in [0.1, 0.15) is 49.4 Å². The summed E-state index contributed by atoms with van der Waals surface area (Å²) in [7, 11) is 1.59. The second-order valence-corrected chi connectivity index (χ2v) is 7.63. The molecule has 0 radical (unpaired) electrons. The number of hydrogen-bond donors (Lipinski definition) is 1. The molecule has 2 heterocycles. The number of nitrogens with zero attached hydrogens (tertiary/aromatic N) is 2. The van der Waals surface area contributed by atoms with Crippen LogP contribution in [0.3, 0.4) is 0 Å². The SMILES string of the molecule is CNC(=O)c1ccc(CN2CCC(=O)N(CC3CC3)[C@H](C(C)C)C2)o1. The van der Waals surface area contributed by atoms with Gasteiger partial charge < -0.3 is 14.6 Å². The fraction of sp³-hybridized carbons (Fsp3) is 0.684. The predicted molar refractivity (Wildman–Crippen MR) is 95.1 cm³/mol. The van der Waals surface area contributed by atoms with Crippen LogP contribution < -0.4 is 5.32 Å². The molecular formula is C19H29N3O3. The van der Waals surface area contributed by atoms with Crippen molar-refractivity contribution in [2.45, 2.75) is 45.7 Å². The van der Waals surface area contributed by atoms with Crippen molar-refractivity contribution in [2.75, 3.05) is 26.7 Å². The van der Waals surface area contributed by atoms with E-state index in [1.165, 1.54) is 12.8 Å². The second kappa shape index (κ2) is 7.60. The van der Waals surface area contributed by atoms with E-state index in [1.807, 2.05) is 6.07 Å². The molecule has 1 saturated carbocycles. The van der Waals surface area contributed by atoms with Crippen LogP contribution in [-0.2, 0) is 11.3 Å². The zero-order chi connectivity index (χ0) is 18.0. The summed E-state index contributed by atoms with van der Waals surface area (Å²) in [4.78, 5) is 28.7. The van der Waals surface area contributed by atoms with Crippen LogP contribution in [0.2, 0.25) is 0 Å². The summed E-state index contributed by atoms with van der Waals surface area (Å²) in [5, 5.41) is 2.57. The average Bonchev–Trinajstić information content (AvgIpc) is 3.32. The standard InChI is InChI=1S/C19H29N3O3/c1-13(2)16-12-21(9-8-18(23)22(16)10-14-4-5-14)11-15-6-7-17(25-15)19(24)20-3/h6-7,13-14,16H,4-5,8-12H2,1-3H3,(H,20,24)/t16-/m0/s1. The van der Waals surface area contributed by atoms with Crippen molar-refractivity contribution in [3.8, 4) is 0 Å². The van der Waals surface area contributed by atoms with Gasteiger partial charge in [0.15, 0.2) is 5.76 Å². The largest absolute Gasteiger partial charge is 0.455 e. The topological polar surface area (TPSA) is 65.8 Å². The fourth-order valence-electron chi connectivity index (χ4n) is 3.50. The number of carbonyl (C=O) groups excluding carboxylic acids is 2. The second-order valence-electron chi connectivity index (χ2n) is 7.63. The van der Waals surface area contributed by atoms with Crippen LogP contribution in [0.15, 0.2) is 16.5 Å². The summed E-state index contributed by atoms with van der Waals surface area (Å²) >= 11 is 0. The van der Waals surface area contributed by atoms with E-state index in [4.69, 9.17) is 4.42 Å². The van der Waals surface area contributed by atoms with Gasteiger partial charge in [-0.15, -0.1) is 0 Å². The molecule has 138 valence electrons. The summed E-state index contributed by atoms with van der Waals surface area (Å²) in [6, 6.07) is 3.80. The predicted octanol–water partition coefficient (Wildman–Crippen LogP) is 2.11. The molecule has 1 aliphatic carbocycles. The molecule has 0 spiro atoms. The minimum Gasteiger partial charge on any atom is -0.455 e. The van der Waals surface area contributed by atoms with Crippen LogP contribution in [0, 0.1) is 11.8 Å². The number of nitrogens with one attached hydrogen (secondary N) is 1. The molecule has 6 nitrogen and oxygen atoms in total. The van der Waals surface area contributed by atoms with Gasteiger partial charge in [-0.05, 0) is 36.8 Å². The van der Waals surface area contributed by atoms with Crippen molar-refractivity contribution in [3.05, 3.63) is 23.7 Å². The maximum Gasteiger partial charge on any atom is 0.286 e. The van der Waals surface area contributed by atoms with E-state index in [2.05, 4.69) is 29.0 Å². The monoisotopic (exact) mass is 347 g/mol. The van der Waals surface area contributed by atoms with Gasteiger partial charge in [0.1, 0.15) is 5.76 Å². The lowest BCUT2D eigenvalue weighted by Crippen LogP contribution is -2.47. The maximum atomic E-state index is 12.6. The van der Waals surface area contributed by atoms with Crippen molar-refractivity contribution < 1.29 is 14.0 Å². The van der Waals surface area contributed by atoms with Crippen LogP contribution >= 0.6 is 0 Å². The number of amides is 2. The Balaban J connectivity index is 1.68. The molecule has 1 atom stereocenters. The minimum atomic E-state index is -0.215. The lowest BCUT2D eigenvalue weighted by molar-refractivity contribution is -0.133. The van der Waals surface area contributed by atoms with Crippen molar-refractivity contribution in [1.29, 1.82) is 0 Å². The van der Waals surface area contributed by atoms with E-state index in [9.17, 15) is 9.59 Å². The third kappa shape index (κ3) is 4.42. The zero-order valence-electron chi connectivity index (χ0n) is 15.5. The highest BCUT2D eigenvalue weighted by Crippen LogP contribution is 2.32. The molecule has 1 saturated heterocycles. The highest BCUT2D eigenvalue weighted by molar-refractivity contribution is 5.91. The van der Waals surface area contributed by atoms with Crippen LogP contribution in [-0.4, -0.2) is 54.3 Å². The van der Waals surface area contributed by atoms with E-state index in [1.54, 1.807) is 13.1 Å². The van der Waals surface area contributed by atoms with Gasteiger partial charge in [0.2, 0.25) is 5.91 Å². The van der Waals surface area contributed by atoms with Gasteiger partial charge in [-0.1, -0.05) is 13.8 Å². The van der Waals surface area contributed by atoms with E-state index < -0.39 is 0 Å². The quantitative estimate of drug-likeness (QED) is 0.856. The molecule has 1 N–H and O–H groups in total. The molecule has 1 aromatic heterocycles. The minimum absolute atomic E-state index is 0.215. The molecule has 6 heteroatoms. The van der Waals surface area contributed by atoms with Crippen LogP contribution in [0.5, 0.6) is 0 Å². The Hall–Kier alpha value is -1.82. The first kappa shape index (κ1) is 18.0. The van der Waals surface area contributed by atoms with Gasteiger partial charge in [-0.25, -0.2) is 0 Å². The first-order valence-electron chi connectivity index (χ1n) is 9.30. The molecule has 0 unspecified atom stereocenters. The average molecular weight is 347 g/mol. The normalized spacial score (nSPS) is 22.3. The molecule has 2 amide bonds. The summed E-state index contributed by atoms with van der Waals surface area (Å²) < 4.78 is 5.65. The van der Waals surface area contributed by atoms with Gasteiger partial charge in [0.05, 0.1) is 6.54 Å². The highest BCUT2D eigenvalue weighted by Gasteiger charge is 2.35. The summed E-state index contributed by atoms with van der Waals surface area (Å²) in [6.07, 6.45) is 3.07. The molecule has 1 aliphatic heterocycles. The molecule has 2 fully saturated rings. The van der Waals surface area contributed by atoms with Crippen molar-refractivity contribution in [1.82, 2.24) is 15.1 Å². The Morgan fingerprint density at radius 1 is 1.36 bits per heavy atom. The van der Waals surface area contributed by atoms with Gasteiger partial charge in [0.25, 0.3) is 5.91 Å². The van der Waals surface area contributed by atoms with Crippen molar-refractivity contribution in [2.24, 2.45) is 11.8 Å². The Labute approximate surface area is 149 Å². The first-order chi connectivity index (χ1) is 12.0. The molecule has 2 aliphatic rings. The summed E-state index contributed by atoms with van der Waals surface area (Å²) in [5.74, 6) is 2.29. The third-order valence-corrected chi connectivity index (χ3v) is 5.22. The van der Waals surface area contributed by atoms with E-state index in [0.717, 1.165) is 25.4 Å². The lowest BCUT2D eigenvalue weighted by Gasteiger charge is -2.34. The van der Waals surface area contributed by atoms with Crippen molar-refractivity contribution >= 4 is 11.8 Å². The van der Waals surface area contributed by atoms with Gasteiger partial charge in [0, 0.05) is 39.1 Å². The summed E-state index contributed by atoms with van der Waals surface area (Å²) in [6.45, 7) is 7.52. The Morgan fingerprint density at radius 2 is 2.12 bits per heavy atom. The van der Waals surface area contributed by atoms with Gasteiger partial charge in [-0.2, -0.15) is 0 Å². The molecule has 0 aromatic carbocycles. The highest BCUT2D eigenvalue weighted by atomic mass is 16.4. The van der Waals surface area contributed by atoms with Crippen molar-refractivity contribution in [3.63, 3.8) is 0 Å². The number of rotatable bonds is 6. The van der Waals surface area contributed by atoms with Gasteiger partial charge >= 0.3 is 0 Å². The van der Waals surface area contributed by atoms with E-state index >= 15 is 0 Å². The number of carbonyl (C=O) groups is 2. The Bertz CT molecular complexity index is 621. The zero-order valence-corrected chi connectivity index (χ0v) is 15.5. The molecular weight excluding hydrogens is 318 g/mol. The van der Waals surface area contributed by atoms with Gasteiger partial charge in [-0.3, -0.25) is 14.5 Å². The first-order valence-corrected chi connectivity index (χ1v) is 9.30. The fourth-order valence-corrected chi connectivity index (χ4v) is 3.50. The lowest BCUT2D eigenvalue weighted by atomic mass is 10.0. The Morgan fingerprint density at radius 3 is 2.76 bits per heavy atom. The van der Waals surface area contributed by atoms with E-state index in [-0.39, 0.29) is 17.9 Å². The molecule has 1 aromatic rings.